The van der Waals surface area contributed by atoms with Crippen LogP contribution in [-0.2, 0) is 33.6 Å². The molecule has 2 aliphatic rings. The Labute approximate surface area is 236 Å². The average molecular weight is 583 g/mol. The second kappa shape index (κ2) is 9.87. The van der Waals surface area contributed by atoms with Crippen molar-refractivity contribution in [3.8, 4) is 5.75 Å². The Morgan fingerprint density at radius 1 is 1.15 bits per heavy atom. The highest BCUT2D eigenvalue weighted by Crippen LogP contribution is 2.61. The van der Waals surface area contributed by atoms with Crippen molar-refractivity contribution < 1.29 is 41.9 Å². The summed E-state index contributed by atoms with van der Waals surface area (Å²) in [6, 6.07) is 8.94. The number of carbonyl (C=O) groups excluding carboxylic acids is 3. The van der Waals surface area contributed by atoms with E-state index in [-0.39, 0.29) is 22.8 Å². The molecule has 216 valence electrons. The lowest BCUT2D eigenvalue weighted by molar-refractivity contribution is -0.148. The average Bonchev–Trinajstić information content (AvgIpc) is 3.39. The SMILES string of the molecule is C=C(C)c1cc2cc(C3(C)Nc4ccc(C)cc4C(=O)N3C)c3c(c2o1)[C@H](C(=O)OC)[C@@H](P(=O)(OC)OC)C(=O)O3. The minimum absolute atomic E-state index is 0.0271. The first kappa shape index (κ1) is 28.6. The number of nitrogens with one attached hydrogen (secondary N) is 1. The molecule has 41 heavy (non-hydrogen) atoms. The normalized spacial score (nSPS) is 22.1. The third-order valence-corrected chi connectivity index (χ3v) is 10.1. The van der Waals surface area contributed by atoms with Gasteiger partial charge in [0.15, 0.2) is 5.66 Å². The molecule has 0 fully saturated rings. The molecule has 2 aromatic carbocycles. The number of allylic oxidation sites excluding steroid dienone is 1. The van der Waals surface area contributed by atoms with Gasteiger partial charge in [0.25, 0.3) is 5.91 Å². The second-order valence-corrected chi connectivity index (χ2v) is 12.7. The number of benzene rings is 2. The predicted molar refractivity (Wildman–Crippen MR) is 151 cm³/mol. The highest BCUT2D eigenvalue weighted by atomic mass is 31.2. The van der Waals surface area contributed by atoms with E-state index in [0.29, 0.717) is 33.5 Å². The maximum absolute atomic E-state index is 13.7. The van der Waals surface area contributed by atoms with Crippen molar-refractivity contribution in [2.75, 3.05) is 33.7 Å². The highest BCUT2D eigenvalue weighted by molar-refractivity contribution is 7.55. The van der Waals surface area contributed by atoms with E-state index < -0.39 is 36.8 Å². The molecule has 1 unspecified atom stereocenters. The minimum atomic E-state index is -4.23. The fourth-order valence-electron chi connectivity index (χ4n) is 5.52. The summed E-state index contributed by atoms with van der Waals surface area (Å²) in [5, 5.41) is 3.96. The number of nitrogens with zero attached hydrogens (tertiary/aromatic N) is 1. The first-order chi connectivity index (χ1) is 19.3. The van der Waals surface area contributed by atoms with Crippen molar-refractivity contribution >= 4 is 47.7 Å². The molecule has 0 saturated carbocycles. The molecule has 0 saturated heterocycles. The van der Waals surface area contributed by atoms with Crippen LogP contribution in [0.1, 0.15) is 52.6 Å². The van der Waals surface area contributed by atoms with Crippen molar-refractivity contribution in [2.24, 2.45) is 0 Å². The Balaban J connectivity index is 1.86. The standard InChI is InChI=1S/C29H31N2O9P/c1-14(2)20-13-16-12-18(29(4)30-19-10-9-15(3)11-17(19)26(32)31(29)5)24-21(23(16)39-20)22(27(33)36-6)25(28(34)40-24)41(35,37-7)38-8/h9-13,22,25,30H,1H2,2-8H3/t22-,25+,29?/m0/s1. The van der Waals surface area contributed by atoms with Crippen LogP contribution in [0.15, 0.2) is 41.3 Å². The second-order valence-electron chi connectivity index (χ2n) is 10.4. The maximum Gasteiger partial charge on any atom is 0.345 e. The summed E-state index contributed by atoms with van der Waals surface area (Å²) in [4.78, 5) is 42.2. The lowest BCUT2D eigenvalue weighted by Gasteiger charge is -2.46. The first-order valence-electron chi connectivity index (χ1n) is 12.8. The number of ether oxygens (including phenoxy) is 2. The molecule has 2 aliphatic heterocycles. The topological polar surface area (TPSA) is 134 Å². The van der Waals surface area contributed by atoms with Gasteiger partial charge in [-0.15, -0.1) is 0 Å². The molecule has 5 rings (SSSR count). The number of esters is 2. The molecule has 3 heterocycles. The number of anilines is 1. The summed E-state index contributed by atoms with van der Waals surface area (Å²) in [5.41, 5.74) is 0.322. The van der Waals surface area contributed by atoms with Crippen molar-refractivity contribution in [2.45, 2.75) is 38.0 Å². The minimum Gasteiger partial charge on any atom is -0.469 e. The zero-order valence-electron chi connectivity index (χ0n) is 23.8. The van der Waals surface area contributed by atoms with E-state index >= 15 is 0 Å². The Kier molecular flexibility index (Phi) is 6.88. The van der Waals surface area contributed by atoms with Crippen molar-refractivity contribution in [1.82, 2.24) is 4.90 Å². The Hall–Kier alpha value is -3.92. The van der Waals surface area contributed by atoms with Gasteiger partial charge in [0.1, 0.15) is 28.7 Å². The largest absolute Gasteiger partial charge is 0.469 e. The fraction of sp³-hybridized carbons (Fsp3) is 0.345. The summed E-state index contributed by atoms with van der Waals surface area (Å²) in [7, 11) is 0.784. The lowest BCUT2D eigenvalue weighted by Crippen LogP contribution is -2.54. The first-order valence-corrected chi connectivity index (χ1v) is 14.4. The number of amides is 1. The van der Waals surface area contributed by atoms with E-state index in [1.807, 2.05) is 19.1 Å². The van der Waals surface area contributed by atoms with Gasteiger partial charge in [0.05, 0.1) is 18.2 Å². The molecule has 1 N–H and O–H groups in total. The van der Waals surface area contributed by atoms with E-state index in [2.05, 4.69) is 11.9 Å². The molecule has 3 aromatic rings. The summed E-state index contributed by atoms with van der Waals surface area (Å²) < 4.78 is 41.1. The lowest BCUT2D eigenvalue weighted by atomic mass is 9.84. The van der Waals surface area contributed by atoms with Crippen LogP contribution in [0.4, 0.5) is 5.69 Å². The molecule has 0 spiro atoms. The Bertz CT molecular complexity index is 1680. The summed E-state index contributed by atoms with van der Waals surface area (Å²) >= 11 is 0. The van der Waals surface area contributed by atoms with Gasteiger partial charge < -0.3 is 33.2 Å². The number of furan rings is 1. The van der Waals surface area contributed by atoms with Crippen LogP contribution in [-0.4, -0.2) is 56.8 Å². The number of carbonyl (C=O) groups is 3. The van der Waals surface area contributed by atoms with Crippen LogP contribution in [0, 0.1) is 6.92 Å². The molecule has 0 bridgehead atoms. The van der Waals surface area contributed by atoms with Gasteiger partial charge in [-0.25, -0.2) is 0 Å². The van der Waals surface area contributed by atoms with Gasteiger partial charge in [-0.05, 0) is 50.6 Å². The van der Waals surface area contributed by atoms with E-state index in [1.165, 1.54) is 4.90 Å². The smallest absolute Gasteiger partial charge is 0.345 e. The van der Waals surface area contributed by atoms with E-state index in [1.54, 1.807) is 39.1 Å². The van der Waals surface area contributed by atoms with Crippen LogP contribution in [0.2, 0.25) is 0 Å². The molecular formula is C29H31N2O9P. The molecule has 0 aliphatic carbocycles. The number of rotatable bonds is 6. The number of hydrogen-bond donors (Lipinski definition) is 1. The zero-order valence-corrected chi connectivity index (χ0v) is 24.7. The molecule has 12 heteroatoms. The summed E-state index contributed by atoms with van der Waals surface area (Å²) in [6.07, 6.45) is 0. The van der Waals surface area contributed by atoms with Gasteiger partial charge in [0.2, 0.25) is 0 Å². The van der Waals surface area contributed by atoms with Gasteiger partial charge in [-0.2, -0.15) is 0 Å². The number of fused-ring (bicyclic) bond motifs is 4. The maximum atomic E-state index is 13.7. The molecule has 0 radical (unpaired) electrons. The Morgan fingerprint density at radius 2 is 1.83 bits per heavy atom. The van der Waals surface area contributed by atoms with E-state index in [9.17, 15) is 18.9 Å². The van der Waals surface area contributed by atoms with Crippen LogP contribution < -0.4 is 10.1 Å². The van der Waals surface area contributed by atoms with Crippen LogP contribution in [0.25, 0.3) is 16.5 Å². The number of methoxy groups -OCH3 is 1. The molecule has 11 nitrogen and oxygen atoms in total. The van der Waals surface area contributed by atoms with Gasteiger partial charge in [-0.3, -0.25) is 18.9 Å². The third kappa shape index (κ3) is 4.18. The Morgan fingerprint density at radius 3 is 2.44 bits per heavy atom. The van der Waals surface area contributed by atoms with Crippen LogP contribution >= 0.6 is 7.60 Å². The van der Waals surface area contributed by atoms with Crippen LogP contribution in [0.3, 0.4) is 0 Å². The molecule has 1 amide bonds. The van der Waals surface area contributed by atoms with Crippen molar-refractivity contribution in [1.29, 1.82) is 0 Å². The number of aryl methyl sites for hydroxylation is 1. The third-order valence-electron chi connectivity index (χ3n) is 7.87. The van der Waals surface area contributed by atoms with Gasteiger partial charge in [-0.1, -0.05) is 18.2 Å². The quantitative estimate of drug-likeness (QED) is 0.236. The zero-order chi connectivity index (χ0) is 30.0. The van der Waals surface area contributed by atoms with E-state index in [0.717, 1.165) is 26.9 Å². The van der Waals surface area contributed by atoms with Crippen molar-refractivity contribution in [3.05, 3.63) is 64.9 Å². The predicted octanol–water partition coefficient (Wildman–Crippen LogP) is 5.17. The molecule has 1 aromatic heterocycles. The highest BCUT2D eigenvalue weighted by Gasteiger charge is 2.57. The summed E-state index contributed by atoms with van der Waals surface area (Å²) in [5.74, 6) is -3.25. The number of hydrogen-bond acceptors (Lipinski definition) is 10. The van der Waals surface area contributed by atoms with Crippen LogP contribution in [0.5, 0.6) is 5.75 Å². The van der Waals surface area contributed by atoms with Gasteiger partial charge in [0, 0.05) is 37.9 Å². The molecule has 3 atom stereocenters. The van der Waals surface area contributed by atoms with E-state index in [4.69, 9.17) is 22.9 Å². The molecular weight excluding hydrogens is 551 g/mol. The fourth-order valence-corrected chi connectivity index (χ4v) is 7.07. The van der Waals surface area contributed by atoms with Crippen molar-refractivity contribution in [3.63, 3.8) is 0 Å². The van der Waals surface area contributed by atoms with Gasteiger partial charge >= 0.3 is 19.5 Å². The summed E-state index contributed by atoms with van der Waals surface area (Å²) in [6.45, 7) is 9.37. The monoisotopic (exact) mass is 582 g/mol.